The van der Waals surface area contributed by atoms with Crippen LogP contribution in [0.5, 0.6) is 5.75 Å². The topological polar surface area (TPSA) is 34.2 Å². The third-order valence-corrected chi connectivity index (χ3v) is 2.98. The van der Waals surface area contributed by atoms with Crippen LogP contribution in [0, 0.1) is 0 Å². The fraction of sp³-hybridized carbons (Fsp3) is 0.267. The molecular formula is C15H18N2O. The van der Waals surface area contributed by atoms with Crippen molar-refractivity contribution in [3.63, 3.8) is 0 Å². The Hall–Kier alpha value is -1.87. The molecule has 0 aliphatic carbocycles. The van der Waals surface area contributed by atoms with Crippen molar-refractivity contribution in [2.75, 3.05) is 14.2 Å². The molecule has 2 rings (SSSR count). The second kappa shape index (κ2) is 6.17. The van der Waals surface area contributed by atoms with E-state index in [0.717, 1.165) is 17.9 Å². The Bertz CT molecular complexity index is 485. The van der Waals surface area contributed by atoms with E-state index >= 15 is 0 Å². The van der Waals surface area contributed by atoms with Gasteiger partial charge < -0.3 is 10.1 Å². The van der Waals surface area contributed by atoms with E-state index in [2.05, 4.69) is 22.4 Å². The first-order valence-corrected chi connectivity index (χ1v) is 6.04. The van der Waals surface area contributed by atoms with E-state index in [1.807, 2.05) is 43.6 Å². The predicted molar refractivity (Wildman–Crippen MR) is 72.7 cm³/mol. The summed E-state index contributed by atoms with van der Waals surface area (Å²) in [6, 6.07) is 14.4. The molecule has 0 bridgehead atoms. The smallest absolute Gasteiger partial charge is 0.119 e. The number of methoxy groups -OCH3 is 1. The van der Waals surface area contributed by atoms with E-state index in [-0.39, 0.29) is 6.04 Å². The molecule has 3 heteroatoms. The lowest BCUT2D eigenvalue weighted by atomic mass is 10.0. The number of nitrogens with zero attached hydrogens (tertiary/aromatic N) is 1. The van der Waals surface area contributed by atoms with Crippen LogP contribution in [0.3, 0.4) is 0 Å². The number of hydrogen-bond acceptors (Lipinski definition) is 3. The molecule has 0 radical (unpaired) electrons. The van der Waals surface area contributed by atoms with E-state index in [0.29, 0.717) is 0 Å². The zero-order valence-corrected chi connectivity index (χ0v) is 10.8. The summed E-state index contributed by atoms with van der Waals surface area (Å²) in [5.41, 5.74) is 2.29. The van der Waals surface area contributed by atoms with Crippen LogP contribution in [0.1, 0.15) is 17.3 Å². The first-order valence-electron chi connectivity index (χ1n) is 6.04. The zero-order chi connectivity index (χ0) is 12.8. The molecule has 0 saturated heterocycles. The van der Waals surface area contributed by atoms with Gasteiger partial charge in [-0.3, -0.25) is 4.98 Å². The second-order valence-electron chi connectivity index (χ2n) is 4.14. The van der Waals surface area contributed by atoms with Gasteiger partial charge in [0.1, 0.15) is 5.75 Å². The van der Waals surface area contributed by atoms with Gasteiger partial charge in [-0.05, 0) is 36.9 Å². The number of ether oxygens (including phenoxy) is 1. The Morgan fingerprint density at radius 3 is 2.78 bits per heavy atom. The van der Waals surface area contributed by atoms with Gasteiger partial charge in [-0.2, -0.15) is 0 Å². The molecule has 0 aliphatic rings. The molecule has 0 aliphatic heterocycles. The number of nitrogens with one attached hydrogen (secondary N) is 1. The van der Waals surface area contributed by atoms with Crippen LogP contribution in [0.25, 0.3) is 0 Å². The van der Waals surface area contributed by atoms with Crippen LogP contribution in [0.15, 0.2) is 48.7 Å². The fourth-order valence-electron chi connectivity index (χ4n) is 1.97. The highest BCUT2D eigenvalue weighted by molar-refractivity contribution is 5.31. The van der Waals surface area contributed by atoms with E-state index in [4.69, 9.17) is 4.74 Å². The number of hydrogen-bond donors (Lipinski definition) is 1. The van der Waals surface area contributed by atoms with Crippen molar-refractivity contribution in [1.29, 1.82) is 0 Å². The first-order chi connectivity index (χ1) is 8.83. The number of pyridine rings is 1. The molecule has 1 atom stereocenters. The third kappa shape index (κ3) is 3.08. The minimum absolute atomic E-state index is 0.245. The first kappa shape index (κ1) is 12.6. The minimum Gasteiger partial charge on any atom is -0.497 e. The maximum atomic E-state index is 5.26. The molecule has 3 nitrogen and oxygen atoms in total. The molecule has 1 N–H and O–H groups in total. The number of rotatable bonds is 5. The highest BCUT2D eigenvalue weighted by Crippen LogP contribution is 2.21. The normalized spacial score (nSPS) is 12.1. The molecule has 1 aromatic heterocycles. The summed E-state index contributed by atoms with van der Waals surface area (Å²) in [4.78, 5) is 4.36. The highest BCUT2D eigenvalue weighted by atomic mass is 16.5. The van der Waals surface area contributed by atoms with Gasteiger partial charge in [-0.15, -0.1) is 0 Å². The Balaban J connectivity index is 2.17. The van der Waals surface area contributed by atoms with Crippen LogP contribution < -0.4 is 10.1 Å². The van der Waals surface area contributed by atoms with Gasteiger partial charge in [-0.1, -0.05) is 18.2 Å². The zero-order valence-electron chi connectivity index (χ0n) is 10.8. The number of likely N-dealkylation sites (N-methyl/N-ethyl adjacent to an activating group) is 1. The van der Waals surface area contributed by atoms with Crippen molar-refractivity contribution in [2.45, 2.75) is 12.5 Å². The summed E-state index contributed by atoms with van der Waals surface area (Å²) >= 11 is 0. The van der Waals surface area contributed by atoms with Gasteiger partial charge >= 0.3 is 0 Å². The van der Waals surface area contributed by atoms with E-state index in [9.17, 15) is 0 Å². The molecule has 1 aromatic carbocycles. The largest absolute Gasteiger partial charge is 0.497 e. The van der Waals surface area contributed by atoms with Gasteiger partial charge in [0.15, 0.2) is 0 Å². The molecule has 0 fully saturated rings. The average molecular weight is 242 g/mol. The summed E-state index contributed by atoms with van der Waals surface area (Å²) in [6.45, 7) is 0. The summed E-state index contributed by atoms with van der Waals surface area (Å²) in [6.07, 6.45) is 2.69. The lowest BCUT2D eigenvalue weighted by molar-refractivity contribution is 0.413. The standard InChI is InChI=1S/C15H18N2O/c1-16-15(11-13-7-3-4-9-17-13)12-6-5-8-14(10-12)18-2/h3-10,15-16H,11H2,1-2H3. The summed E-state index contributed by atoms with van der Waals surface area (Å²) < 4.78 is 5.26. The highest BCUT2D eigenvalue weighted by Gasteiger charge is 2.11. The van der Waals surface area contributed by atoms with Crippen molar-refractivity contribution >= 4 is 0 Å². The molecule has 0 amide bonds. The lowest BCUT2D eigenvalue weighted by Crippen LogP contribution is -2.19. The van der Waals surface area contributed by atoms with Crippen LogP contribution >= 0.6 is 0 Å². The van der Waals surface area contributed by atoms with Crippen LogP contribution in [-0.4, -0.2) is 19.1 Å². The molecule has 0 saturated carbocycles. The van der Waals surface area contributed by atoms with Crippen molar-refractivity contribution in [2.24, 2.45) is 0 Å². The van der Waals surface area contributed by atoms with Gasteiger partial charge in [0, 0.05) is 24.4 Å². The van der Waals surface area contributed by atoms with E-state index in [1.54, 1.807) is 7.11 Å². The van der Waals surface area contributed by atoms with Crippen molar-refractivity contribution in [3.05, 3.63) is 59.9 Å². The van der Waals surface area contributed by atoms with E-state index in [1.165, 1.54) is 5.56 Å². The van der Waals surface area contributed by atoms with Gasteiger partial charge in [0.05, 0.1) is 7.11 Å². The molecule has 94 valence electrons. The monoisotopic (exact) mass is 242 g/mol. The average Bonchev–Trinajstić information content (AvgIpc) is 2.46. The number of aromatic nitrogens is 1. The van der Waals surface area contributed by atoms with E-state index < -0.39 is 0 Å². The maximum absolute atomic E-state index is 5.26. The van der Waals surface area contributed by atoms with Crippen molar-refractivity contribution in [1.82, 2.24) is 10.3 Å². The molecule has 0 spiro atoms. The Morgan fingerprint density at radius 2 is 2.11 bits per heavy atom. The van der Waals surface area contributed by atoms with Crippen molar-refractivity contribution < 1.29 is 4.74 Å². The molecule has 1 unspecified atom stereocenters. The molecule has 18 heavy (non-hydrogen) atoms. The Morgan fingerprint density at radius 1 is 1.22 bits per heavy atom. The van der Waals surface area contributed by atoms with Crippen LogP contribution in [-0.2, 0) is 6.42 Å². The number of benzene rings is 1. The summed E-state index contributed by atoms with van der Waals surface area (Å²) in [7, 11) is 3.65. The quantitative estimate of drug-likeness (QED) is 0.875. The third-order valence-electron chi connectivity index (χ3n) is 2.98. The predicted octanol–water partition coefficient (Wildman–Crippen LogP) is 2.59. The van der Waals surface area contributed by atoms with Crippen LogP contribution in [0.4, 0.5) is 0 Å². The SMILES string of the molecule is CNC(Cc1ccccn1)c1cccc(OC)c1. The van der Waals surface area contributed by atoms with Gasteiger partial charge in [0.2, 0.25) is 0 Å². The lowest BCUT2D eigenvalue weighted by Gasteiger charge is -2.17. The maximum Gasteiger partial charge on any atom is 0.119 e. The Labute approximate surface area is 108 Å². The van der Waals surface area contributed by atoms with Crippen LogP contribution in [0.2, 0.25) is 0 Å². The second-order valence-corrected chi connectivity index (χ2v) is 4.14. The summed E-state index contributed by atoms with van der Waals surface area (Å²) in [5.74, 6) is 0.883. The molecular weight excluding hydrogens is 224 g/mol. The minimum atomic E-state index is 0.245. The summed E-state index contributed by atoms with van der Waals surface area (Å²) in [5, 5.41) is 3.32. The van der Waals surface area contributed by atoms with Gasteiger partial charge in [-0.25, -0.2) is 0 Å². The van der Waals surface area contributed by atoms with Gasteiger partial charge in [0.25, 0.3) is 0 Å². The van der Waals surface area contributed by atoms with Crippen molar-refractivity contribution in [3.8, 4) is 5.75 Å². The molecule has 2 aromatic rings. The Kier molecular flexibility index (Phi) is 4.31. The molecule has 1 heterocycles. The fourth-order valence-corrected chi connectivity index (χ4v) is 1.97.